The highest BCUT2D eigenvalue weighted by Crippen LogP contribution is 2.18. The lowest BCUT2D eigenvalue weighted by atomic mass is 10.0. The second-order valence-corrected chi connectivity index (χ2v) is 6.16. The summed E-state index contributed by atoms with van der Waals surface area (Å²) in [5.74, 6) is 0. The van der Waals surface area contributed by atoms with Crippen molar-refractivity contribution in [2.24, 2.45) is 5.73 Å². The number of rotatable bonds is 5. The molecule has 2 unspecified atom stereocenters. The van der Waals surface area contributed by atoms with Gasteiger partial charge >= 0.3 is 0 Å². The SMILES string of the molecule is CCC(C)n1ccc(CC(N)c2cccc(I)c2)n1. The normalized spacial score (nSPS) is 14.3. The van der Waals surface area contributed by atoms with Gasteiger partial charge in [0.2, 0.25) is 0 Å². The molecule has 0 saturated heterocycles. The first-order valence-corrected chi connectivity index (χ1v) is 7.73. The number of nitrogens with two attached hydrogens (primary N) is 1. The molecule has 0 aliphatic rings. The molecule has 0 bridgehead atoms. The van der Waals surface area contributed by atoms with Crippen LogP contribution in [0.15, 0.2) is 36.5 Å². The van der Waals surface area contributed by atoms with Crippen LogP contribution in [0.5, 0.6) is 0 Å². The third-order valence-corrected chi connectivity index (χ3v) is 4.08. The number of hydrogen-bond donors (Lipinski definition) is 1. The summed E-state index contributed by atoms with van der Waals surface area (Å²) in [4.78, 5) is 0. The van der Waals surface area contributed by atoms with Crippen LogP contribution in [0, 0.1) is 3.57 Å². The third-order valence-electron chi connectivity index (χ3n) is 3.41. The quantitative estimate of drug-likeness (QED) is 0.817. The fraction of sp³-hybridized carbons (Fsp3) is 0.400. The fourth-order valence-electron chi connectivity index (χ4n) is 2.00. The Kier molecular flexibility index (Phi) is 4.99. The van der Waals surface area contributed by atoms with Gasteiger partial charge in [0.05, 0.1) is 5.69 Å². The summed E-state index contributed by atoms with van der Waals surface area (Å²) in [6.45, 7) is 4.35. The summed E-state index contributed by atoms with van der Waals surface area (Å²) in [5.41, 5.74) is 8.49. The lowest BCUT2D eigenvalue weighted by Gasteiger charge is -2.11. The number of halogens is 1. The van der Waals surface area contributed by atoms with Crippen LogP contribution in [-0.2, 0) is 6.42 Å². The van der Waals surface area contributed by atoms with E-state index in [2.05, 4.69) is 71.9 Å². The van der Waals surface area contributed by atoms with E-state index in [0.717, 1.165) is 18.5 Å². The zero-order valence-electron chi connectivity index (χ0n) is 11.4. The van der Waals surface area contributed by atoms with Gasteiger partial charge in [-0.2, -0.15) is 5.10 Å². The lowest BCUT2D eigenvalue weighted by Crippen LogP contribution is -2.14. The van der Waals surface area contributed by atoms with Crippen molar-refractivity contribution >= 4 is 22.6 Å². The molecule has 2 N–H and O–H groups in total. The standard InChI is InChI=1S/C15H20IN3/c1-3-11(2)19-8-7-14(18-19)10-15(17)12-5-4-6-13(16)9-12/h4-9,11,15H,3,10,17H2,1-2H3. The lowest BCUT2D eigenvalue weighted by molar-refractivity contribution is 0.472. The van der Waals surface area contributed by atoms with Crippen molar-refractivity contribution in [3.63, 3.8) is 0 Å². The van der Waals surface area contributed by atoms with Gasteiger partial charge < -0.3 is 5.73 Å². The molecule has 0 saturated carbocycles. The van der Waals surface area contributed by atoms with Gasteiger partial charge in [-0.3, -0.25) is 4.68 Å². The summed E-state index contributed by atoms with van der Waals surface area (Å²) in [7, 11) is 0. The van der Waals surface area contributed by atoms with Crippen molar-refractivity contribution in [1.29, 1.82) is 0 Å². The predicted octanol–water partition coefficient (Wildman–Crippen LogP) is 3.70. The van der Waals surface area contributed by atoms with Gasteiger partial charge in [0.1, 0.15) is 0 Å². The Morgan fingerprint density at radius 3 is 2.84 bits per heavy atom. The minimum atomic E-state index is 0.00926. The average Bonchev–Trinajstić information content (AvgIpc) is 2.86. The molecular weight excluding hydrogens is 349 g/mol. The van der Waals surface area contributed by atoms with Crippen LogP contribution >= 0.6 is 22.6 Å². The fourth-order valence-corrected chi connectivity index (χ4v) is 2.57. The molecule has 1 heterocycles. The molecule has 0 aliphatic carbocycles. The van der Waals surface area contributed by atoms with Crippen molar-refractivity contribution in [3.05, 3.63) is 51.4 Å². The van der Waals surface area contributed by atoms with Crippen LogP contribution in [0.4, 0.5) is 0 Å². The Labute approximate surface area is 128 Å². The van der Waals surface area contributed by atoms with Crippen LogP contribution in [-0.4, -0.2) is 9.78 Å². The number of nitrogens with zero attached hydrogens (tertiary/aromatic N) is 2. The average molecular weight is 369 g/mol. The second kappa shape index (κ2) is 6.52. The van der Waals surface area contributed by atoms with Gasteiger partial charge in [0, 0.05) is 28.3 Å². The minimum Gasteiger partial charge on any atom is -0.324 e. The summed E-state index contributed by atoms with van der Waals surface area (Å²) in [6, 6.07) is 10.9. The van der Waals surface area contributed by atoms with Gasteiger partial charge in [-0.15, -0.1) is 0 Å². The van der Waals surface area contributed by atoms with Crippen LogP contribution in [0.2, 0.25) is 0 Å². The van der Waals surface area contributed by atoms with E-state index < -0.39 is 0 Å². The molecule has 19 heavy (non-hydrogen) atoms. The molecule has 2 aromatic rings. The molecule has 2 atom stereocenters. The molecular formula is C15H20IN3. The monoisotopic (exact) mass is 369 g/mol. The maximum Gasteiger partial charge on any atom is 0.0643 e. The maximum atomic E-state index is 6.26. The van der Waals surface area contributed by atoms with E-state index in [4.69, 9.17) is 5.73 Å². The van der Waals surface area contributed by atoms with Crippen molar-refractivity contribution in [1.82, 2.24) is 9.78 Å². The van der Waals surface area contributed by atoms with Crippen molar-refractivity contribution in [2.45, 2.75) is 38.8 Å². The Hall–Kier alpha value is -0.880. The third kappa shape index (κ3) is 3.79. The zero-order chi connectivity index (χ0) is 13.8. The van der Waals surface area contributed by atoms with Crippen LogP contribution in [0.3, 0.4) is 0 Å². The largest absolute Gasteiger partial charge is 0.324 e. The molecule has 4 heteroatoms. The van der Waals surface area contributed by atoms with Gasteiger partial charge in [0.15, 0.2) is 0 Å². The first-order valence-electron chi connectivity index (χ1n) is 6.65. The zero-order valence-corrected chi connectivity index (χ0v) is 13.5. The van der Waals surface area contributed by atoms with Crippen molar-refractivity contribution < 1.29 is 0 Å². The van der Waals surface area contributed by atoms with E-state index >= 15 is 0 Å². The van der Waals surface area contributed by atoms with Gasteiger partial charge in [-0.1, -0.05) is 19.1 Å². The molecule has 0 amide bonds. The van der Waals surface area contributed by atoms with Gasteiger partial charge in [0.25, 0.3) is 0 Å². The van der Waals surface area contributed by atoms with E-state index in [9.17, 15) is 0 Å². The first kappa shape index (κ1) is 14.5. The molecule has 0 aliphatic heterocycles. The second-order valence-electron chi connectivity index (χ2n) is 4.91. The van der Waals surface area contributed by atoms with Gasteiger partial charge in [-0.25, -0.2) is 0 Å². The molecule has 3 nitrogen and oxygen atoms in total. The summed E-state index contributed by atoms with van der Waals surface area (Å²) in [6.07, 6.45) is 3.92. The highest BCUT2D eigenvalue weighted by Gasteiger charge is 2.11. The molecule has 102 valence electrons. The van der Waals surface area contributed by atoms with E-state index in [-0.39, 0.29) is 6.04 Å². The number of aromatic nitrogens is 2. The van der Waals surface area contributed by atoms with Crippen molar-refractivity contribution in [3.8, 4) is 0 Å². The predicted molar refractivity (Wildman–Crippen MR) is 87.0 cm³/mol. The van der Waals surface area contributed by atoms with E-state index in [0.29, 0.717) is 6.04 Å². The molecule has 1 aromatic carbocycles. The molecule has 0 spiro atoms. The van der Waals surface area contributed by atoms with Crippen LogP contribution in [0.25, 0.3) is 0 Å². The summed E-state index contributed by atoms with van der Waals surface area (Å²) in [5, 5.41) is 4.60. The van der Waals surface area contributed by atoms with Crippen molar-refractivity contribution in [2.75, 3.05) is 0 Å². The smallest absolute Gasteiger partial charge is 0.0643 e. The first-order chi connectivity index (χ1) is 9.10. The molecule has 0 radical (unpaired) electrons. The minimum absolute atomic E-state index is 0.00926. The van der Waals surface area contributed by atoms with Crippen LogP contribution < -0.4 is 5.73 Å². The summed E-state index contributed by atoms with van der Waals surface area (Å²) < 4.78 is 3.24. The molecule has 0 fully saturated rings. The Morgan fingerprint density at radius 2 is 2.16 bits per heavy atom. The topological polar surface area (TPSA) is 43.8 Å². The Morgan fingerprint density at radius 1 is 1.37 bits per heavy atom. The molecule has 2 rings (SSSR count). The van der Waals surface area contributed by atoms with Crippen LogP contribution in [0.1, 0.15) is 43.6 Å². The maximum absolute atomic E-state index is 6.26. The molecule has 1 aromatic heterocycles. The highest BCUT2D eigenvalue weighted by atomic mass is 127. The van der Waals surface area contributed by atoms with E-state index in [1.165, 1.54) is 9.13 Å². The highest BCUT2D eigenvalue weighted by molar-refractivity contribution is 14.1. The number of benzene rings is 1. The Balaban J connectivity index is 2.06. The van der Waals surface area contributed by atoms with Gasteiger partial charge in [-0.05, 0) is 59.7 Å². The summed E-state index contributed by atoms with van der Waals surface area (Å²) >= 11 is 2.31. The van der Waals surface area contributed by atoms with E-state index in [1.807, 2.05) is 10.9 Å². The number of hydrogen-bond acceptors (Lipinski definition) is 2. The van der Waals surface area contributed by atoms with E-state index in [1.54, 1.807) is 0 Å². The Bertz CT molecular complexity index is 536.